The van der Waals surface area contributed by atoms with Gasteiger partial charge in [-0.15, -0.1) is 0 Å². The van der Waals surface area contributed by atoms with E-state index >= 15 is 0 Å². The van der Waals surface area contributed by atoms with Gasteiger partial charge in [0.25, 0.3) is 11.1 Å². The molecule has 0 radical (unpaired) electrons. The molecule has 0 atom stereocenters. The van der Waals surface area contributed by atoms with Crippen LogP contribution in [-0.4, -0.2) is 29.8 Å². The van der Waals surface area contributed by atoms with Crippen molar-refractivity contribution in [3.05, 3.63) is 77.0 Å². The first-order chi connectivity index (χ1) is 20.4. The van der Waals surface area contributed by atoms with Crippen molar-refractivity contribution in [2.45, 2.75) is 58.8 Å². The number of hydrogen-bond donors (Lipinski definition) is 1. The lowest BCUT2D eigenvalue weighted by molar-refractivity contribution is -0.131. The van der Waals surface area contributed by atoms with Crippen molar-refractivity contribution in [3.63, 3.8) is 0 Å². The third kappa shape index (κ3) is 5.83. The van der Waals surface area contributed by atoms with Gasteiger partial charge in [0.1, 0.15) is 33.4 Å². The molecule has 2 aromatic carbocycles. The SMILES string of the molecule is CC(=O)Oc1cc(-c2c(Cl)n3n(c2=O)CCCC3)c(F)cc1Cl.O=c1c(-c2cc(O)c(Cl)cc2F)c(Cl)n2n1CCCC2. The van der Waals surface area contributed by atoms with Crippen LogP contribution in [0.5, 0.6) is 11.5 Å². The van der Waals surface area contributed by atoms with E-state index in [0.717, 1.165) is 43.9 Å². The molecule has 0 bridgehead atoms. The number of aromatic hydroxyl groups is 1. The van der Waals surface area contributed by atoms with Gasteiger partial charge >= 0.3 is 5.97 Å². The number of aromatic nitrogens is 4. The fourth-order valence-electron chi connectivity index (χ4n) is 5.19. The number of fused-ring (bicyclic) bond motifs is 2. The van der Waals surface area contributed by atoms with Crippen LogP contribution in [0.25, 0.3) is 22.3 Å². The largest absolute Gasteiger partial charge is 0.506 e. The Balaban J connectivity index is 0.000000173. The molecule has 228 valence electrons. The molecule has 2 aliphatic heterocycles. The number of rotatable bonds is 3. The van der Waals surface area contributed by atoms with E-state index in [1.807, 2.05) is 0 Å². The zero-order valence-corrected chi connectivity index (χ0v) is 25.6. The molecule has 15 heteroatoms. The summed E-state index contributed by atoms with van der Waals surface area (Å²) in [4.78, 5) is 36.0. The van der Waals surface area contributed by atoms with E-state index in [9.17, 15) is 28.3 Å². The fraction of sp³-hybridized carbons (Fsp3) is 0.321. The molecule has 1 N–H and O–H groups in total. The molecule has 4 heterocycles. The molecule has 6 rings (SSSR count). The van der Waals surface area contributed by atoms with Gasteiger partial charge in [-0.05, 0) is 49.9 Å². The Morgan fingerprint density at radius 2 is 1.14 bits per heavy atom. The Labute approximate surface area is 263 Å². The summed E-state index contributed by atoms with van der Waals surface area (Å²) in [7, 11) is 0. The predicted molar refractivity (Wildman–Crippen MR) is 160 cm³/mol. The second-order valence-corrected chi connectivity index (χ2v) is 11.5. The van der Waals surface area contributed by atoms with E-state index in [0.29, 0.717) is 26.2 Å². The molecule has 0 saturated heterocycles. The van der Waals surface area contributed by atoms with Gasteiger partial charge in [0, 0.05) is 44.2 Å². The second kappa shape index (κ2) is 12.4. The first-order valence-corrected chi connectivity index (χ1v) is 14.8. The zero-order valence-electron chi connectivity index (χ0n) is 22.6. The summed E-state index contributed by atoms with van der Waals surface area (Å²) in [6.07, 6.45) is 3.56. The van der Waals surface area contributed by atoms with Gasteiger partial charge < -0.3 is 9.84 Å². The van der Waals surface area contributed by atoms with Crippen LogP contribution in [0.15, 0.2) is 33.9 Å². The van der Waals surface area contributed by atoms with Crippen molar-refractivity contribution >= 4 is 52.4 Å². The molecule has 2 aromatic heterocycles. The molecule has 9 nitrogen and oxygen atoms in total. The molecule has 43 heavy (non-hydrogen) atoms. The molecule has 4 aromatic rings. The molecule has 2 aliphatic rings. The Kier molecular flexibility index (Phi) is 8.99. The third-order valence-electron chi connectivity index (χ3n) is 7.18. The maximum absolute atomic E-state index is 14.3. The van der Waals surface area contributed by atoms with Gasteiger partial charge in [-0.3, -0.25) is 23.7 Å². The zero-order chi connectivity index (χ0) is 31.2. The Morgan fingerprint density at radius 3 is 1.58 bits per heavy atom. The predicted octanol–water partition coefficient (Wildman–Crippen LogP) is 6.74. The topological polar surface area (TPSA) is 100 Å². The third-order valence-corrected chi connectivity index (χ3v) is 8.54. The van der Waals surface area contributed by atoms with Gasteiger partial charge in [-0.1, -0.05) is 46.4 Å². The van der Waals surface area contributed by atoms with Crippen LogP contribution in [0.2, 0.25) is 20.4 Å². The average molecular weight is 676 g/mol. The first kappa shape index (κ1) is 31.2. The van der Waals surface area contributed by atoms with Crippen molar-refractivity contribution in [2.75, 3.05) is 0 Å². The fourth-order valence-corrected chi connectivity index (χ4v) is 6.24. The van der Waals surface area contributed by atoms with Crippen LogP contribution in [0, 0.1) is 11.6 Å². The van der Waals surface area contributed by atoms with Crippen molar-refractivity contribution in [3.8, 4) is 33.8 Å². The Bertz CT molecular complexity index is 1880. The number of hydrogen-bond acceptors (Lipinski definition) is 5. The maximum Gasteiger partial charge on any atom is 0.308 e. The minimum absolute atomic E-state index is 0.0137. The molecule has 0 unspecified atom stereocenters. The maximum atomic E-state index is 14.3. The number of nitrogens with zero attached hydrogens (tertiary/aromatic N) is 4. The van der Waals surface area contributed by atoms with Crippen molar-refractivity contribution in [1.29, 1.82) is 0 Å². The Hall–Kier alpha value is -3.25. The normalized spacial score (nSPS) is 14.0. The summed E-state index contributed by atoms with van der Waals surface area (Å²) in [5.41, 5.74) is -0.666. The highest BCUT2D eigenvalue weighted by atomic mass is 35.5. The number of ether oxygens (including phenoxy) is 1. The summed E-state index contributed by atoms with van der Waals surface area (Å²) >= 11 is 24.0. The van der Waals surface area contributed by atoms with E-state index in [4.69, 9.17) is 51.1 Å². The summed E-state index contributed by atoms with van der Waals surface area (Å²) in [5, 5.41) is 9.82. The average Bonchev–Trinajstić information content (AvgIpc) is 3.37. The summed E-state index contributed by atoms with van der Waals surface area (Å²) in [5.74, 6) is -2.28. The number of esters is 1. The van der Waals surface area contributed by atoms with Gasteiger partial charge in [0.05, 0.1) is 21.2 Å². The smallest absolute Gasteiger partial charge is 0.308 e. The molecule has 0 spiro atoms. The number of carbonyl (C=O) groups excluding carboxylic acids is 1. The highest BCUT2D eigenvalue weighted by Gasteiger charge is 2.26. The van der Waals surface area contributed by atoms with E-state index in [-0.39, 0.29) is 65.2 Å². The number of phenols is 1. The minimum Gasteiger partial charge on any atom is -0.506 e. The Morgan fingerprint density at radius 1 is 0.721 bits per heavy atom. The lowest BCUT2D eigenvalue weighted by Crippen LogP contribution is -2.27. The number of phenolic OH excluding ortho intramolecular Hbond substituents is 1. The molecule has 0 amide bonds. The van der Waals surface area contributed by atoms with Gasteiger partial charge in [-0.2, -0.15) is 0 Å². The highest BCUT2D eigenvalue weighted by molar-refractivity contribution is 6.34. The lowest BCUT2D eigenvalue weighted by Gasteiger charge is -2.17. The van der Waals surface area contributed by atoms with Crippen LogP contribution < -0.4 is 15.9 Å². The summed E-state index contributed by atoms with van der Waals surface area (Å²) in [6.45, 7) is 3.51. The van der Waals surface area contributed by atoms with Crippen molar-refractivity contribution < 1.29 is 23.4 Å². The second-order valence-electron chi connectivity index (χ2n) is 9.99. The molecule has 0 aliphatic carbocycles. The van der Waals surface area contributed by atoms with Crippen LogP contribution in [0.1, 0.15) is 32.6 Å². The van der Waals surface area contributed by atoms with Crippen LogP contribution >= 0.6 is 46.4 Å². The standard InChI is InChI=1S/C15H13Cl2FN2O3.C13H11Cl2FN2O2/c1-8(21)23-12-6-9(11(18)7-10(12)16)13-14(17)19-4-2-3-5-20(19)15(13)22;14-8-6-9(16)7(5-10(8)19)11-12(15)17-3-1-2-4-18(17)13(11)20/h6-7H,2-5H2,1H3;5-6,19H,1-4H2. The summed E-state index contributed by atoms with van der Waals surface area (Å²) in [6, 6.07) is 4.34. The van der Waals surface area contributed by atoms with Crippen LogP contribution in [-0.2, 0) is 31.0 Å². The number of carbonyl (C=O) groups is 1. The van der Waals surface area contributed by atoms with Gasteiger partial charge in [-0.25, -0.2) is 18.1 Å². The van der Waals surface area contributed by atoms with E-state index in [2.05, 4.69) is 0 Å². The van der Waals surface area contributed by atoms with E-state index in [1.54, 1.807) is 9.36 Å². The number of benzene rings is 2. The first-order valence-electron chi connectivity index (χ1n) is 13.2. The van der Waals surface area contributed by atoms with Gasteiger partial charge in [0.15, 0.2) is 0 Å². The quantitative estimate of drug-likeness (QED) is 0.191. The van der Waals surface area contributed by atoms with Crippen molar-refractivity contribution in [2.24, 2.45) is 0 Å². The molecule has 0 saturated carbocycles. The summed E-state index contributed by atoms with van der Waals surface area (Å²) < 4.78 is 39.6. The van der Waals surface area contributed by atoms with Crippen LogP contribution in [0.3, 0.4) is 0 Å². The van der Waals surface area contributed by atoms with E-state index < -0.39 is 17.6 Å². The molecule has 0 fully saturated rings. The monoisotopic (exact) mass is 674 g/mol. The minimum atomic E-state index is -0.701. The lowest BCUT2D eigenvalue weighted by atomic mass is 10.1. The van der Waals surface area contributed by atoms with E-state index in [1.165, 1.54) is 22.4 Å². The van der Waals surface area contributed by atoms with Crippen molar-refractivity contribution in [1.82, 2.24) is 18.7 Å². The molecular weight excluding hydrogens is 652 g/mol. The number of halogens is 6. The van der Waals surface area contributed by atoms with Gasteiger partial charge in [0.2, 0.25) is 0 Å². The highest BCUT2D eigenvalue weighted by Crippen LogP contribution is 2.37. The molecular formula is C28H24Cl4F2N4O5. The van der Waals surface area contributed by atoms with Crippen LogP contribution in [0.4, 0.5) is 8.78 Å².